The molecule has 0 radical (unpaired) electrons. The topological polar surface area (TPSA) is 96.2 Å². The summed E-state index contributed by atoms with van der Waals surface area (Å²) in [4.78, 5) is 0. The lowest BCUT2D eigenvalue weighted by Crippen LogP contribution is -2.35. The molecule has 0 amide bonds. The molecule has 6 nitrogen and oxygen atoms in total. The summed E-state index contributed by atoms with van der Waals surface area (Å²) < 4.78 is 24.4. The van der Waals surface area contributed by atoms with Crippen molar-refractivity contribution in [2.45, 2.75) is 117 Å². The Bertz CT molecular complexity index is 936. The predicted octanol–water partition coefficient (Wildman–Crippen LogP) is 6.68. The molecule has 0 aliphatic heterocycles. The summed E-state index contributed by atoms with van der Waals surface area (Å²) in [6.07, 6.45) is 12.6. The average Bonchev–Trinajstić information content (AvgIpc) is 3.15. The molecule has 3 saturated carbocycles. The Morgan fingerprint density at radius 2 is 1.70 bits per heavy atom. The standard InChI is InChI=1S/C30H49O6P/c1-19(2)35-37(34,36-20(3)4)29(33)15-10-21(5)26-13-14-27-23(9-8-16-30(26,27)7)11-12-24-17-25(31)18-28(32)22(24)6/h10-12,15,19-21,25-29,31-33H,6,8-9,13-14,16-18H2,1-5,7H3/t21-,25-,26-,27?,28+,29?,30-/m1/s1. The fourth-order valence-corrected chi connectivity index (χ4v) is 8.64. The van der Waals surface area contributed by atoms with E-state index >= 15 is 0 Å². The van der Waals surface area contributed by atoms with Crippen LogP contribution in [0.1, 0.15) is 86.5 Å². The van der Waals surface area contributed by atoms with Crippen LogP contribution in [0.5, 0.6) is 0 Å². The molecule has 3 fully saturated rings. The highest BCUT2D eigenvalue weighted by Gasteiger charge is 2.50. The second kappa shape index (κ2) is 12.4. The average molecular weight is 537 g/mol. The minimum atomic E-state index is -3.69. The van der Waals surface area contributed by atoms with E-state index in [4.69, 9.17) is 9.05 Å². The Balaban J connectivity index is 1.75. The van der Waals surface area contributed by atoms with E-state index in [-0.39, 0.29) is 23.5 Å². The van der Waals surface area contributed by atoms with Gasteiger partial charge in [0.25, 0.3) is 0 Å². The van der Waals surface area contributed by atoms with Gasteiger partial charge < -0.3 is 24.4 Å². The van der Waals surface area contributed by atoms with Gasteiger partial charge in [0.2, 0.25) is 0 Å². The molecule has 0 bridgehead atoms. The summed E-state index contributed by atoms with van der Waals surface area (Å²) in [5.74, 6) is -0.165. The van der Waals surface area contributed by atoms with Crippen LogP contribution in [0.25, 0.3) is 0 Å². The number of aliphatic hydroxyl groups excluding tert-OH is 3. The monoisotopic (exact) mass is 536 g/mol. The summed E-state index contributed by atoms with van der Waals surface area (Å²) in [5, 5.41) is 31.1. The normalized spacial score (nSPS) is 35.2. The summed E-state index contributed by atoms with van der Waals surface area (Å²) in [7, 11) is -3.69. The zero-order chi connectivity index (χ0) is 27.5. The Morgan fingerprint density at radius 3 is 2.32 bits per heavy atom. The van der Waals surface area contributed by atoms with E-state index in [9.17, 15) is 19.9 Å². The van der Waals surface area contributed by atoms with Crippen LogP contribution in [0.4, 0.5) is 0 Å². The first kappa shape index (κ1) is 30.5. The van der Waals surface area contributed by atoms with Crippen molar-refractivity contribution >= 4 is 7.60 Å². The van der Waals surface area contributed by atoms with E-state index in [1.807, 2.05) is 6.08 Å². The number of fused-ring (bicyclic) bond motifs is 1. The van der Waals surface area contributed by atoms with Crippen molar-refractivity contribution in [3.05, 3.63) is 47.6 Å². The maximum atomic E-state index is 13.3. The van der Waals surface area contributed by atoms with Gasteiger partial charge >= 0.3 is 7.60 Å². The fourth-order valence-electron chi connectivity index (χ4n) is 6.86. The maximum Gasteiger partial charge on any atom is 0.363 e. The Kier molecular flexibility index (Phi) is 10.3. The quantitative estimate of drug-likeness (QED) is 0.225. The Hall–Kier alpha value is -1.01. The third-order valence-corrected chi connectivity index (χ3v) is 10.8. The van der Waals surface area contributed by atoms with Crippen molar-refractivity contribution in [3.63, 3.8) is 0 Å². The second-order valence-electron chi connectivity index (χ2n) is 12.2. The van der Waals surface area contributed by atoms with Gasteiger partial charge in [0.15, 0.2) is 5.85 Å². The first-order valence-corrected chi connectivity index (χ1v) is 15.7. The molecule has 3 aliphatic rings. The molecule has 0 aromatic heterocycles. The van der Waals surface area contributed by atoms with E-state index in [1.54, 1.807) is 33.8 Å². The SMILES string of the molecule is C=C1C(=CC=C2CCC[C@@]3(C)C2CC[C@@H]3[C@H](C)C=CC(O)P(=O)(OC(C)C)OC(C)C)C[C@@H](O)C[C@@H]1O. The van der Waals surface area contributed by atoms with E-state index < -0.39 is 25.6 Å². The van der Waals surface area contributed by atoms with Crippen LogP contribution in [-0.4, -0.2) is 45.6 Å². The highest BCUT2D eigenvalue weighted by Crippen LogP contribution is 2.60. The zero-order valence-corrected chi connectivity index (χ0v) is 24.5. The van der Waals surface area contributed by atoms with Crippen molar-refractivity contribution < 1.29 is 28.9 Å². The van der Waals surface area contributed by atoms with Gasteiger partial charge in [0, 0.05) is 6.42 Å². The molecule has 0 heterocycles. The molecule has 37 heavy (non-hydrogen) atoms. The van der Waals surface area contributed by atoms with Gasteiger partial charge in [0.1, 0.15) is 0 Å². The Labute approximate surface area is 224 Å². The van der Waals surface area contributed by atoms with E-state index in [0.717, 1.165) is 43.3 Å². The summed E-state index contributed by atoms with van der Waals surface area (Å²) in [5.41, 5.74) is 3.26. The van der Waals surface area contributed by atoms with Crippen LogP contribution < -0.4 is 0 Å². The first-order valence-electron chi connectivity index (χ1n) is 14.0. The third kappa shape index (κ3) is 7.15. The lowest BCUT2D eigenvalue weighted by molar-refractivity contribution is 0.0862. The van der Waals surface area contributed by atoms with Crippen LogP contribution in [0.2, 0.25) is 0 Å². The van der Waals surface area contributed by atoms with Crippen LogP contribution >= 0.6 is 7.60 Å². The van der Waals surface area contributed by atoms with Gasteiger partial charge in [-0.1, -0.05) is 44.2 Å². The lowest BCUT2D eigenvalue weighted by atomic mass is 9.61. The largest absolute Gasteiger partial charge is 0.393 e. The van der Waals surface area contributed by atoms with Crippen molar-refractivity contribution in [2.75, 3.05) is 0 Å². The van der Waals surface area contributed by atoms with E-state index in [2.05, 4.69) is 32.6 Å². The smallest absolute Gasteiger partial charge is 0.363 e. The molecule has 7 atom stereocenters. The molecule has 210 valence electrons. The molecule has 3 rings (SSSR count). The third-order valence-electron chi connectivity index (χ3n) is 8.56. The van der Waals surface area contributed by atoms with E-state index in [0.29, 0.717) is 24.7 Å². The summed E-state index contributed by atoms with van der Waals surface area (Å²) in [6.45, 7) is 15.8. The van der Waals surface area contributed by atoms with Gasteiger partial charge in [0.05, 0.1) is 24.4 Å². The summed E-state index contributed by atoms with van der Waals surface area (Å²) >= 11 is 0. The minimum absolute atomic E-state index is 0.145. The van der Waals surface area contributed by atoms with Crippen LogP contribution in [-0.2, 0) is 13.6 Å². The minimum Gasteiger partial charge on any atom is -0.393 e. The Morgan fingerprint density at radius 1 is 1.05 bits per heavy atom. The molecular formula is C30H49O6P. The van der Waals surface area contributed by atoms with Crippen LogP contribution in [0.15, 0.2) is 47.6 Å². The number of aliphatic hydroxyl groups is 3. The van der Waals surface area contributed by atoms with Gasteiger partial charge in [-0.05, 0) is 107 Å². The van der Waals surface area contributed by atoms with E-state index in [1.165, 1.54) is 5.57 Å². The van der Waals surface area contributed by atoms with Crippen molar-refractivity contribution in [2.24, 2.45) is 23.2 Å². The highest BCUT2D eigenvalue weighted by molar-refractivity contribution is 7.54. The molecule has 3 N–H and O–H groups in total. The van der Waals surface area contributed by atoms with Gasteiger partial charge in [-0.2, -0.15) is 0 Å². The number of hydrogen-bond donors (Lipinski definition) is 3. The van der Waals surface area contributed by atoms with Crippen LogP contribution in [0, 0.1) is 23.2 Å². The molecule has 7 heteroatoms. The molecule has 0 aromatic rings. The zero-order valence-electron chi connectivity index (χ0n) is 23.6. The summed E-state index contributed by atoms with van der Waals surface area (Å²) in [6, 6.07) is 0. The molecule has 0 spiro atoms. The molecule has 2 unspecified atom stereocenters. The predicted molar refractivity (Wildman–Crippen MR) is 149 cm³/mol. The fraction of sp³-hybridized carbons (Fsp3) is 0.733. The number of allylic oxidation sites excluding steroid dienone is 4. The molecule has 3 aliphatic carbocycles. The highest BCUT2D eigenvalue weighted by atomic mass is 31.2. The number of hydrogen-bond acceptors (Lipinski definition) is 6. The van der Waals surface area contributed by atoms with Gasteiger partial charge in [-0.25, -0.2) is 0 Å². The lowest BCUT2D eigenvalue weighted by Gasteiger charge is -2.44. The second-order valence-corrected chi connectivity index (χ2v) is 14.2. The molecular weight excluding hydrogens is 487 g/mol. The van der Waals surface area contributed by atoms with Gasteiger partial charge in [-0.15, -0.1) is 0 Å². The van der Waals surface area contributed by atoms with Crippen molar-refractivity contribution in [1.29, 1.82) is 0 Å². The molecule has 0 saturated heterocycles. The van der Waals surface area contributed by atoms with Crippen molar-refractivity contribution in [3.8, 4) is 0 Å². The van der Waals surface area contributed by atoms with Gasteiger partial charge in [-0.3, -0.25) is 4.57 Å². The van der Waals surface area contributed by atoms with Crippen LogP contribution in [0.3, 0.4) is 0 Å². The first-order chi connectivity index (χ1) is 17.3. The molecule has 0 aromatic carbocycles. The number of rotatable bonds is 9. The maximum absolute atomic E-state index is 13.3. The van der Waals surface area contributed by atoms with Crippen molar-refractivity contribution in [1.82, 2.24) is 0 Å².